The van der Waals surface area contributed by atoms with E-state index >= 15 is 0 Å². The predicted octanol–water partition coefficient (Wildman–Crippen LogP) is 2.05. The summed E-state index contributed by atoms with van der Waals surface area (Å²) < 4.78 is 24.0. The van der Waals surface area contributed by atoms with E-state index in [1.54, 1.807) is 0 Å². The van der Waals surface area contributed by atoms with Crippen molar-refractivity contribution in [3.05, 3.63) is 70.8 Å². The number of rotatable bonds is 8. The van der Waals surface area contributed by atoms with Crippen LogP contribution in [0.4, 0.5) is 0 Å². The average molecular weight is 403 g/mol. The molecule has 0 amide bonds. The van der Waals surface area contributed by atoms with Crippen LogP contribution in [0.25, 0.3) is 0 Å². The van der Waals surface area contributed by atoms with Gasteiger partial charge < -0.3 is 10.4 Å². The maximum atomic E-state index is 12.0. The molecule has 152 valence electrons. The summed E-state index contributed by atoms with van der Waals surface area (Å²) in [7, 11) is -3.18. The first kappa shape index (κ1) is 21.0. The summed E-state index contributed by atoms with van der Waals surface area (Å²) in [6.45, 7) is 6.92. The minimum Gasteiger partial charge on any atom is -0.390 e. The number of sulfone groups is 1. The van der Waals surface area contributed by atoms with Gasteiger partial charge in [-0.15, -0.1) is 0 Å². The molecule has 0 aliphatic carbocycles. The lowest BCUT2D eigenvalue weighted by molar-refractivity contribution is 0.0786. The van der Waals surface area contributed by atoms with E-state index in [1.165, 1.54) is 16.7 Å². The van der Waals surface area contributed by atoms with Gasteiger partial charge in [0.05, 0.1) is 23.7 Å². The SMILES string of the molecule is Cc1ccc(CNCCN(Cc2cccc(C)c2)[C@@H]2CS(=O)(=O)C[C@@H]2O)cc1. The zero-order chi connectivity index (χ0) is 20.1. The molecule has 2 aromatic rings. The summed E-state index contributed by atoms with van der Waals surface area (Å²) in [4.78, 5) is 2.10. The Bertz CT molecular complexity index is 881. The van der Waals surface area contributed by atoms with E-state index in [4.69, 9.17) is 0 Å². The number of benzene rings is 2. The second-order valence-electron chi connectivity index (χ2n) is 7.83. The van der Waals surface area contributed by atoms with Crippen LogP contribution in [0.5, 0.6) is 0 Å². The molecule has 3 rings (SSSR count). The molecule has 1 heterocycles. The standard InChI is InChI=1S/C22H30N2O3S/c1-17-6-8-19(9-7-17)13-23-10-11-24(14-20-5-3-4-18(2)12-20)21-15-28(26,27)16-22(21)25/h3-9,12,21-23,25H,10-11,13-16H2,1-2H3/t21-,22+/m1/s1. The Hall–Kier alpha value is -1.73. The smallest absolute Gasteiger partial charge is 0.154 e. The summed E-state index contributed by atoms with van der Waals surface area (Å²) in [6, 6.07) is 16.3. The first-order valence-electron chi connectivity index (χ1n) is 9.77. The molecule has 6 heteroatoms. The van der Waals surface area contributed by atoms with Gasteiger partial charge in [0, 0.05) is 26.2 Å². The third-order valence-corrected chi connectivity index (χ3v) is 6.96. The van der Waals surface area contributed by atoms with Crippen molar-refractivity contribution in [2.24, 2.45) is 0 Å². The molecule has 0 unspecified atom stereocenters. The Balaban J connectivity index is 1.63. The van der Waals surface area contributed by atoms with Crippen molar-refractivity contribution in [2.75, 3.05) is 24.6 Å². The lowest BCUT2D eigenvalue weighted by atomic mass is 10.1. The van der Waals surface area contributed by atoms with Gasteiger partial charge in [0.15, 0.2) is 9.84 Å². The van der Waals surface area contributed by atoms with Gasteiger partial charge in [-0.2, -0.15) is 0 Å². The first-order valence-corrected chi connectivity index (χ1v) is 11.6. The van der Waals surface area contributed by atoms with Crippen molar-refractivity contribution in [1.82, 2.24) is 10.2 Å². The maximum absolute atomic E-state index is 12.0. The van der Waals surface area contributed by atoms with Crippen LogP contribution in [0.3, 0.4) is 0 Å². The molecule has 28 heavy (non-hydrogen) atoms. The highest BCUT2D eigenvalue weighted by molar-refractivity contribution is 7.91. The average Bonchev–Trinajstić information content (AvgIpc) is 2.91. The fraction of sp³-hybridized carbons (Fsp3) is 0.455. The number of aliphatic hydroxyl groups excluding tert-OH is 1. The van der Waals surface area contributed by atoms with Gasteiger partial charge in [0.1, 0.15) is 0 Å². The summed E-state index contributed by atoms with van der Waals surface area (Å²) in [5.74, 6) is -0.114. The highest BCUT2D eigenvalue weighted by Gasteiger charge is 2.39. The quantitative estimate of drug-likeness (QED) is 0.662. The van der Waals surface area contributed by atoms with E-state index in [1.807, 2.05) is 19.1 Å². The predicted molar refractivity (Wildman–Crippen MR) is 113 cm³/mol. The van der Waals surface area contributed by atoms with Crippen LogP contribution in [0.2, 0.25) is 0 Å². The van der Waals surface area contributed by atoms with Gasteiger partial charge in [-0.1, -0.05) is 59.7 Å². The third-order valence-electron chi connectivity index (χ3n) is 5.26. The van der Waals surface area contributed by atoms with Crippen LogP contribution in [0.1, 0.15) is 22.3 Å². The lowest BCUT2D eigenvalue weighted by Crippen LogP contribution is -2.45. The van der Waals surface area contributed by atoms with E-state index in [0.717, 1.165) is 18.7 Å². The molecule has 0 radical (unpaired) electrons. The Kier molecular flexibility index (Phi) is 6.88. The molecule has 2 N–H and O–H groups in total. The fourth-order valence-electron chi connectivity index (χ4n) is 3.73. The number of nitrogens with one attached hydrogen (secondary N) is 1. The van der Waals surface area contributed by atoms with Crippen molar-refractivity contribution in [3.8, 4) is 0 Å². The van der Waals surface area contributed by atoms with Crippen molar-refractivity contribution >= 4 is 9.84 Å². The molecule has 0 aromatic heterocycles. The van der Waals surface area contributed by atoms with Crippen LogP contribution in [-0.4, -0.2) is 55.2 Å². The van der Waals surface area contributed by atoms with Gasteiger partial charge >= 0.3 is 0 Å². The number of hydrogen-bond donors (Lipinski definition) is 2. The second kappa shape index (κ2) is 9.18. The van der Waals surface area contributed by atoms with Gasteiger partial charge in [-0.25, -0.2) is 8.42 Å². The van der Waals surface area contributed by atoms with E-state index in [9.17, 15) is 13.5 Å². The second-order valence-corrected chi connectivity index (χ2v) is 9.99. The molecule has 1 aliphatic heterocycles. The molecular weight excluding hydrogens is 372 g/mol. The van der Waals surface area contributed by atoms with Gasteiger partial charge in [0.2, 0.25) is 0 Å². The summed E-state index contributed by atoms with van der Waals surface area (Å²) in [6.07, 6.45) is -0.827. The largest absolute Gasteiger partial charge is 0.390 e. The third kappa shape index (κ3) is 5.88. The van der Waals surface area contributed by atoms with Crippen LogP contribution in [0.15, 0.2) is 48.5 Å². The number of aryl methyl sites for hydroxylation is 2. The summed E-state index contributed by atoms with van der Waals surface area (Å²) >= 11 is 0. The zero-order valence-corrected chi connectivity index (χ0v) is 17.5. The van der Waals surface area contributed by atoms with Gasteiger partial charge in [0.25, 0.3) is 0 Å². The summed E-state index contributed by atoms with van der Waals surface area (Å²) in [5.41, 5.74) is 4.77. The normalized spacial score (nSPS) is 21.3. The molecule has 0 spiro atoms. The molecule has 1 aliphatic rings. The van der Waals surface area contributed by atoms with Crippen molar-refractivity contribution in [2.45, 2.75) is 39.1 Å². The minimum absolute atomic E-state index is 0.0257. The van der Waals surface area contributed by atoms with Gasteiger partial charge in [-0.05, 0) is 25.0 Å². The van der Waals surface area contributed by atoms with Gasteiger partial charge in [-0.3, -0.25) is 4.90 Å². The Morgan fingerprint density at radius 2 is 1.79 bits per heavy atom. The number of aliphatic hydroxyl groups is 1. The maximum Gasteiger partial charge on any atom is 0.154 e. The first-order chi connectivity index (χ1) is 13.3. The number of nitrogens with zero attached hydrogens (tertiary/aromatic N) is 1. The van der Waals surface area contributed by atoms with Crippen LogP contribution < -0.4 is 5.32 Å². The lowest BCUT2D eigenvalue weighted by Gasteiger charge is -2.30. The molecular formula is C22H30N2O3S. The Morgan fingerprint density at radius 1 is 1.04 bits per heavy atom. The highest BCUT2D eigenvalue weighted by Crippen LogP contribution is 2.21. The Morgan fingerprint density at radius 3 is 2.43 bits per heavy atom. The van der Waals surface area contributed by atoms with Crippen LogP contribution in [-0.2, 0) is 22.9 Å². The molecule has 5 nitrogen and oxygen atoms in total. The molecule has 1 fully saturated rings. The van der Waals surface area contributed by atoms with Crippen molar-refractivity contribution in [3.63, 3.8) is 0 Å². The van der Waals surface area contributed by atoms with Crippen LogP contribution >= 0.6 is 0 Å². The van der Waals surface area contributed by atoms with E-state index < -0.39 is 15.9 Å². The molecule has 2 aromatic carbocycles. The minimum atomic E-state index is -3.18. The van der Waals surface area contributed by atoms with Crippen molar-refractivity contribution < 1.29 is 13.5 Å². The molecule has 1 saturated heterocycles. The van der Waals surface area contributed by atoms with Crippen LogP contribution in [0, 0.1) is 13.8 Å². The Labute approximate surface area is 168 Å². The molecule has 2 atom stereocenters. The zero-order valence-electron chi connectivity index (χ0n) is 16.6. The molecule has 0 saturated carbocycles. The van der Waals surface area contributed by atoms with E-state index in [0.29, 0.717) is 13.1 Å². The fourth-order valence-corrected chi connectivity index (χ4v) is 5.56. The summed E-state index contributed by atoms with van der Waals surface area (Å²) in [5, 5.41) is 13.8. The topological polar surface area (TPSA) is 69.6 Å². The van der Waals surface area contributed by atoms with E-state index in [-0.39, 0.29) is 17.5 Å². The van der Waals surface area contributed by atoms with E-state index in [2.05, 4.69) is 53.5 Å². The highest BCUT2D eigenvalue weighted by atomic mass is 32.2. The van der Waals surface area contributed by atoms with Crippen molar-refractivity contribution in [1.29, 1.82) is 0 Å². The number of hydrogen-bond acceptors (Lipinski definition) is 5. The monoisotopic (exact) mass is 402 g/mol. The molecule has 0 bridgehead atoms.